The van der Waals surface area contributed by atoms with E-state index in [4.69, 9.17) is 0 Å². The number of amides is 1. The highest BCUT2D eigenvalue weighted by Crippen LogP contribution is 2.22. The fourth-order valence-electron chi connectivity index (χ4n) is 3.52. The Morgan fingerprint density at radius 3 is 2.38 bits per heavy atom. The van der Waals surface area contributed by atoms with Crippen LogP contribution in [0.1, 0.15) is 35.7 Å². The van der Waals surface area contributed by atoms with E-state index in [9.17, 15) is 4.79 Å². The topological polar surface area (TPSA) is 70.2 Å². The van der Waals surface area contributed by atoms with E-state index < -0.39 is 0 Å². The molecule has 0 unspecified atom stereocenters. The molecular weight excluding hydrogens is 362 g/mol. The molecular formula is C23H25N5O. The molecule has 1 fully saturated rings. The number of rotatable bonds is 6. The lowest BCUT2D eigenvalue weighted by atomic mass is 10.1. The second kappa shape index (κ2) is 8.73. The van der Waals surface area contributed by atoms with Crippen LogP contribution in [0.4, 0.5) is 23.0 Å². The van der Waals surface area contributed by atoms with Crippen molar-refractivity contribution in [3.05, 3.63) is 72.1 Å². The average Bonchev–Trinajstić information content (AvgIpc) is 3.30. The smallest absolute Gasteiger partial charge is 0.258 e. The minimum atomic E-state index is -0.223. The molecule has 0 saturated carbocycles. The monoisotopic (exact) mass is 387 g/mol. The van der Waals surface area contributed by atoms with E-state index in [1.54, 1.807) is 0 Å². The van der Waals surface area contributed by atoms with Gasteiger partial charge in [-0.1, -0.05) is 25.1 Å². The first kappa shape index (κ1) is 18.9. The minimum Gasteiger partial charge on any atom is -0.372 e. The van der Waals surface area contributed by atoms with E-state index >= 15 is 0 Å². The summed E-state index contributed by atoms with van der Waals surface area (Å²) in [6, 6.07) is 16.0. The van der Waals surface area contributed by atoms with Gasteiger partial charge in [-0.3, -0.25) is 4.79 Å². The maximum absolute atomic E-state index is 12.5. The zero-order valence-electron chi connectivity index (χ0n) is 16.6. The van der Waals surface area contributed by atoms with E-state index in [2.05, 4.69) is 50.6 Å². The molecule has 0 spiro atoms. The van der Waals surface area contributed by atoms with Crippen LogP contribution in [0.25, 0.3) is 0 Å². The van der Waals surface area contributed by atoms with Gasteiger partial charge in [-0.2, -0.15) is 0 Å². The Hall–Kier alpha value is -3.41. The molecule has 6 heteroatoms. The number of para-hydroxylation sites is 1. The molecule has 0 atom stereocenters. The summed E-state index contributed by atoms with van der Waals surface area (Å²) in [4.78, 5) is 23.4. The van der Waals surface area contributed by atoms with E-state index in [0.717, 1.165) is 30.9 Å². The van der Waals surface area contributed by atoms with Gasteiger partial charge in [0.25, 0.3) is 5.91 Å². The van der Waals surface area contributed by atoms with Crippen molar-refractivity contribution in [2.45, 2.75) is 26.2 Å². The second-order valence-corrected chi connectivity index (χ2v) is 7.13. The van der Waals surface area contributed by atoms with Gasteiger partial charge in [0, 0.05) is 42.5 Å². The summed E-state index contributed by atoms with van der Waals surface area (Å²) >= 11 is 0. The van der Waals surface area contributed by atoms with Crippen LogP contribution >= 0.6 is 0 Å². The van der Waals surface area contributed by atoms with Crippen molar-refractivity contribution in [2.24, 2.45) is 0 Å². The van der Waals surface area contributed by atoms with Gasteiger partial charge in [-0.05, 0) is 55.2 Å². The van der Waals surface area contributed by atoms with Crippen LogP contribution in [0.3, 0.4) is 0 Å². The lowest BCUT2D eigenvalue weighted by molar-refractivity contribution is 0.102. The number of hydrogen-bond donors (Lipinski definition) is 2. The number of nitrogens with zero attached hydrogens (tertiary/aromatic N) is 3. The molecule has 2 N–H and O–H groups in total. The number of hydrogen-bond acceptors (Lipinski definition) is 5. The van der Waals surface area contributed by atoms with Crippen LogP contribution in [-0.4, -0.2) is 29.0 Å². The summed E-state index contributed by atoms with van der Waals surface area (Å²) in [5, 5.41) is 6.12. The Labute approximate surface area is 171 Å². The Kier molecular flexibility index (Phi) is 5.70. The number of benzene rings is 2. The van der Waals surface area contributed by atoms with Crippen LogP contribution in [0.5, 0.6) is 0 Å². The van der Waals surface area contributed by atoms with Gasteiger partial charge < -0.3 is 15.5 Å². The molecule has 148 valence electrons. The molecule has 1 aliphatic heterocycles. The van der Waals surface area contributed by atoms with Crippen LogP contribution in [-0.2, 0) is 6.42 Å². The highest BCUT2D eigenvalue weighted by molar-refractivity contribution is 6.04. The van der Waals surface area contributed by atoms with Crippen LogP contribution in [0.15, 0.2) is 60.9 Å². The van der Waals surface area contributed by atoms with E-state index in [0.29, 0.717) is 11.5 Å². The van der Waals surface area contributed by atoms with Crippen LogP contribution in [0.2, 0.25) is 0 Å². The predicted molar refractivity (Wildman–Crippen MR) is 117 cm³/mol. The summed E-state index contributed by atoms with van der Waals surface area (Å²) in [6.45, 7) is 4.31. The largest absolute Gasteiger partial charge is 0.372 e. The van der Waals surface area contributed by atoms with Crippen molar-refractivity contribution >= 4 is 28.9 Å². The van der Waals surface area contributed by atoms with Crippen LogP contribution in [0, 0.1) is 0 Å². The number of carbonyl (C=O) groups excluding carboxylic acids is 1. The predicted octanol–water partition coefficient (Wildman–Crippen LogP) is 4.64. The van der Waals surface area contributed by atoms with Crippen molar-refractivity contribution in [3.8, 4) is 0 Å². The van der Waals surface area contributed by atoms with Crippen molar-refractivity contribution in [1.82, 2.24) is 9.97 Å². The lowest BCUT2D eigenvalue weighted by Gasteiger charge is -2.17. The SMILES string of the molecule is CCc1ccccc1Nc1ncc(C(=O)Nc2ccc(N3CCCC3)cc2)cn1. The first-order valence-electron chi connectivity index (χ1n) is 10.1. The van der Waals surface area contributed by atoms with Gasteiger partial charge in [0.15, 0.2) is 0 Å². The Bertz CT molecular complexity index is 963. The molecule has 1 aromatic heterocycles. The minimum absolute atomic E-state index is 0.223. The van der Waals surface area contributed by atoms with Crippen molar-refractivity contribution in [3.63, 3.8) is 0 Å². The van der Waals surface area contributed by atoms with Gasteiger partial charge in [-0.15, -0.1) is 0 Å². The summed E-state index contributed by atoms with van der Waals surface area (Å²) in [5.74, 6) is 0.247. The highest BCUT2D eigenvalue weighted by atomic mass is 16.1. The Balaban J connectivity index is 1.39. The maximum Gasteiger partial charge on any atom is 0.258 e. The maximum atomic E-state index is 12.5. The summed E-state index contributed by atoms with van der Waals surface area (Å²) < 4.78 is 0. The fourth-order valence-corrected chi connectivity index (χ4v) is 3.52. The number of carbonyl (C=O) groups is 1. The Morgan fingerprint density at radius 1 is 1.00 bits per heavy atom. The van der Waals surface area contributed by atoms with Gasteiger partial charge in [0.05, 0.1) is 5.56 Å². The standard InChI is InChI=1S/C23H25N5O/c1-2-17-7-3-4-8-21(17)27-23-24-15-18(16-25-23)22(29)26-19-9-11-20(12-10-19)28-13-5-6-14-28/h3-4,7-12,15-16H,2,5-6,13-14H2,1H3,(H,26,29)(H,24,25,27). The molecule has 1 amide bonds. The summed E-state index contributed by atoms with van der Waals surface area (Å²) in [5.41, 5.74) is 4.55. The molecule has 1 saturated heterocycles. The molecule has 2 aromatic carbocycles. The number of nitrogens with one attached hydrogen (secondary N) is 2. The molecule has 0 aliphatic carbocycles. The van der Waals surface area contributed by atoms with Gasteiger partial charge in [0.2, 0.25) is 5.95 Å². The van der Waals surface area contributed by atoms with E-state index in [1.807, 2.05) is 30.3 Å². The number of aryl methyl sites for hydroxylation is 1. The zero-order valence-corrected chi connectivity index (χ0v) is 16.6. The van der Waals surface area contributed by atoms with Gasteiger partial charge in [-0.25, -0.2) is 9.97 Å². The number of aromatic nitrogens is 2. The molecule has 2 heterocycles. The normalized spacial score (nSPS) is 13.3. The third kappa shape index (κ3) is 4.54. The summed E-state index contributed by atoms with van der Waals surface area (Å²) in [7, 11) is 0. The fraction of sp³-hybridized carbons (Fsp3) is 0.261. The molecule has 4 rings (SSSR count). The van der Waals surface area contributed by atoms with Crippen molar-refractivity contribution in [2.75, 3.05) is 28.6 Å². The molecule has 1 aliphatic rings. The molecule has 0 radical (unpaired) electrons. The van der Waals surface area contributed by atoms with Crippen LogP contribution < -0.4 is 15.5 Å². The average molecular weight is 387 g/mol. The third-order valence-electron chi connectivity index (χ3n) is 5.16. The summed E-state index contributed by atoms with van der Waals surface area (Å²) in [6.07, 6.45) is 6.48. The highest BCUT2D eigenvalue weighted by Gasteiger charge is 2.13. The van der Waals surface area contributed by atoms with Gasteiger partial charge in [0.1, 0.15) is 0 Å². The molecule has 6 nitrogen and oxygen atoms in total. The first-order valence-corrected chi connectivity index (χ1v) is 10.1. The molecule has 3 aromatic rings. The first-order chi connectivity index (χ1) is 14.2. The van der Waals surface area contributed by atoms with E-state index in [1.165, 1.54) is 36.5 Å². The van der Waals surface area contributed by atoms with Crippen molar-refractivity contribution in [1.29, 1.82) is 0 Å². The molecule has 29 heavy (non-hydrogen) atoms. The quantitative estimate of drug-likeness (QED) is 0.645. The zero-order chi connectivity index (χ0) is 20.1. The number of anilines is 4. The van der Waals surface area contributed by atoms with Gasteiger partial charge >= 0.3 is 0 Å². The third-order valence-corrected chi connectivity index (χ3v) is 5.16. The molecule has 0 bridgehead atoms. The lowest BCUT2D eigenvalue weighted by Crippen LogP contribution is -2.17. The van der Waals surface area contributed by atoms with Crippen molar-refractivity contribution < 1.29 is 4.79 Å². The second-order valence-electron chi connectivity index (χ2n) is 7.13. The Morgan fingerprint density at radius 2 is 1.69 bits per heavy atom. The van der Waals surface area contributed by atoms with E-state index in [-0.39, 0.29) is 5.91 Å².